The maximum atomic E-state index is 6.33. The third-order valence-electron chi connectivity index (χ3n) is 3.39. The largest absolute Gasteiger partial charge is 0.313 e. The van der Waals surface area contributed by atoms with Gasteiger partial charge in [0.15, 0.2) is 0 Å². The lowest BCUT2D eigenvalue weighted by atomic mass is 9.96. The predicted molar refractivity (Wildman–Crippen MR) is 82.8 cm³/mol. The van der Waals surface area contributed by atoms with Gasteiger partial charge in [-0.25, -0.2) is 0 Å². The van der Waals surface area contributed by atoms with Gasteiger partial charge in [0, 0.05) is 17.6 Å². The molecule has 1 aromatic rings. The van der Waals surface area contributed by atoms with Gasteiger partial charge in [-0.15, -0.1) is 0 Å². The molecule has 18 heavy (non-hydrogen) atoms. The first-order chi connectivity index (χ1) is 8.81. The van der Waals surface area contributed by atoms with E-state index in [1.54, 1.807) is 0 Å². The van der Waals surface area contributed by atoms with E-state index >= 15 is 0 Å². The quantitative estimate of drug-likeness (QED) is 0.713. The van der Waals surface area contributed by atoms with Crippen LogP contribution in [0.15, 0.2) is 24.3 Å². The van der Waals surface area contributed by atoms with Gasteiger partial charge < -0.3 is 5.32 Å². The highest BCUT2D eigenvalue weighted by atomic mass is 35.5. The number of thioether (sulfide) groups is 1. The molecule has 1 saturated carbocycles. The van der Waals surface area contributed by atoms with Crippen molar-refractivity contribution >= 4 is 23.4 Å². The minimum Gasteiger partial charge on any atom is -0.313 e. The zero-order valence-electron chi connectivity index (χ0n) is 11.0. The maximum Gasteiger partial charge on any atom is 0.0441 e. The SMILES string of the molecule is CCSCCC(CNC1CC1)c1ccccc1Cl. The van der Waals surface area contributed by atoms with Gasteiger partial charge >= 0.3 is 0 Å². The van der Waals surface area contributed by atoms with Gasteiger partial charge in [0.2, 0.25) is 0 Å². The van der Waals surface area contributed by atoms with E-state index in [1.165, 1.54) is 36.3 Å². The third-order valence-corrected chi connectivity index (χ3v) is 4.67. The van der Waals surface area contributed by atoms with E-state index < -0.39 is 0 Å². The molecular weight excluding hydrogens is 262 g/mol. The standard InChI is InChI=1S/C15H22ClNS/c1-2-18-10-9-12(11-17-13-7-8-13)14-5-3-4-6-15(14)16/h3-6,12-13,17H,2,7-11H2,1H3. The average molecular weight is 284 g/mol. The van der Waals surface area contributed by atoms with Crippen molar-refractivity contribution in [1.82, 2.24) is 5.32 Å². The number of benzene rings is 1. The molecule has 0 bridgehead atoms. The molecule has 0 aromatic heterocycles. The van der Waals surface area contributed by atoms with E-state index in [1.807, 2.05) is 23.9 Å². The van der Waals surface area contributed by atoms with Crippen molar-refractivity contribution < 1.29 is 0 Å². The molecule has 100 valence electrons. The molecule has 1 fully saturated rings. The Morgan fingerprint density at radius 3 is 2.83 bits per heavy atom. The Bertz CT molecular complexity index is 365. The highest BCUT2D eigenvalue weighted by Crippen LogP contribution is 2.29. The first kappa shape index (κ1) is 14.2. The molecule has 1 aliphatic carbocycles. The minimum absolute atomic E-state index is 0.554. The first-order valence-corrected chi connectivity index (χ1v) is 8.40. The second-order valence-electron chi connectivity index (χ2n) is 4.89. The number of hydrogen-bond acceptors (Lipinski definition) is 2. The summed E-state index contributed by atoms with van der Waals surface area (Å²) >= 11 is 8.34. The summed E-state index contributed by atoms with van der Waals surface area (Å²) in [6.45, 7) is 3.29. The van der Waals surface area contributed by atoms with E-state index in [0.29, 0.717) is 5.92 Å². The van der Waals surface area contributed by atoms with Crippen LogP contribution in [0.5, 0.6) is 0 Å². The van der Waals surface area contributed by atoms with Crippen LogP contribution in [0.4, 0.5) is 0 Å². The van der Waals surface area contributed by atoms with Crippen LogP contribution in [-0.2, 0) is 0 Å². The number of hydrogen-bond donors (Lipinski definition) is 1. The van der Waals surface area contributed by atoms with Crippen LogP contribution >= 0.6 is 23.4 Å². The summed E-state index contributed by atoms with van der Waals surface area (Å²) in [5.74, 6) is 2.97. The van der Waals surface area contributed by atoms with Gasteiger partial charge in [-0.2, -0.15) is 11.8 Å². The monoisotopic (exact) mass is 283 g/mol. The Morgan fingerprint density at radius 2 is 2.17 bits per heavy atom. The molecule has 1 unspecified atom stereocenters. The first-order valence-electron chi connectivity index (χ1n) is 6.86. The Balaban J connectivity index is 1.95. The molecule has 0 radical (unpaired) electrons. The van der Waals surface area contributed by atoms with Crippen molar-refractivity contribution in [3.8, 4) is 0 Å². The van der Waals surface area contributed by atoms with Crippen LogP contribution in [0.2, 0.25) is 5.02 Å². The second kappa shape index (κ2) is 7.42. The summed E-state index contributed by atoms with van der Waals surface area (Å²) in [5.41, 5.74) is 1.31. The van der Waals surface area contributed by atoms with E-state index in [9.17, 15) is 0 Å². The smallest absolute Gasteiger partial charge is 0.0441 e. The minimum atomic E-state index is 0.554. The third kappa shape index (κ3) is 4.49. The Hall–Kier alpha value is -0.180. The van der Waals surface area contributed by atoms with Gasteiger partial charge in [-0.05, 0) is 48.3 Å². The van der Waals surface area contributed by atoms with Crippen molar-refractivity contribution in [2.24, 2.45) is 0 Å². The number of halogens is 1. The molecule has 2 rings (SSSR count). The van der Waals surface area contributed by atoms with Gasteiger partial charge in [-0.1, -0.05) is 36.7 Å². The highest BCUT2D eigenvalue weighted by Gasteiger charge is 2.23. The van der Waals surface area contributed by atoms with E-state index in [4.69, 9.17) is 11.6 Å². The van der Waals surface area contributed by atoms with Gasteiger partial charge in [0.05, 0.1) is 0 Å². The van der Waals surface area contributed by atoms with Crippen molar-refractivity contribution in [3.63, 3.8) is 0 Å². The molecule has 3 heteroatoms. The molecule has 1 nitrogen and oxygen atoms in total. The van der Waals surface area contributed by atoms with Crippen LogP contribution < -0.4 is 5.32 Å². The van der Waals surface area contributed by atoms with E-state index in [2.05, 4.69) is 24.4 Å². The van der Waals surface area contributed by atoms with E-state index in [0.717, 1.165) is 17.6 Å². The molecule has 1 aliphatic rings. The predicted octanol–water partition coefficient (Wildman–Crippen LogP) is 4.32. The molecule has 0 heterocycles. The lowest BCUT2D eigenvalue weighted by molar-refractivity contribution is 0.570. The van der Waals surface area contributed by atoms with Crippen LogP contribution in [0, 0.1) is 0 Å². The molecular formula is C15H22ClNS. The Kier molecular flexibility index (Phi) is 5.87. The molecule has 0 aliphatic heterocycles. The molecule has 0 saturated heterocycles. The normalized spacial score (nSPS) is 16.8. The molecule has 0 amide bonds. The zero-order chi connectivity index (χ0) is 12.8. The fourth-order valence-corrected chi connectivity index (χ4v) is 3.17. The summed E-state index contributed by atoms with van der Waals surface area (Å²) in [6.07, 6.45) is 3.90. The summed E-state index contributed by atoms with van der Waals surface area (Å²) in [4.78, 5) is 0. The lowest BCUT2D eigenvalue weighted by Gasteiger charge is -2.19. The second-order valence-corrected chi connectivity index (χ2v) is 6.69. The Labute approximate surface area is 120 Å². The molecule has 1 atom stereocenters. The highest BCUT2D eigenvalue weighted by molar-refractivity contribution is 7.99. The van der Waals surface area contributed by atoms with Crippen LogP contribution in [0.25, 0.3) is 0 Å². The van der Waals surface area contributed by atoms with Crippen molar-refractivity contribution in [2.45, 2.75) is 38.1 Å². The topological polar surface area (TPSA) is 12.0 Å². The van der Waals surface area contributed by atoms with Gasteiger partial charge in [0.25, 0.3) is 0 Å². The molecule has 0 spiro atoms. The molecule has 1 N–H and O–H groups in total. The lowest BCUT2D eigenvalue weighted by Crippen LogP contribution is -2.24. The molecule has 1 aromatic carbocycles. The number of rotatable bonds is 8. The fourth-order valence-electron chi connectivity index (χ4n) is 2.14. The van der Waals surface area contributed by atoms with Gasteiger partial charge in [0.1, 0.15) is 0 Å². The van der Waals surface area contributed by atoms with Crippen LogP contribution in [0.1, 0.15) is 37.7 Å². The average Bonchev–Trinajstić information content (AvgIpc) is 3.19. The van der Waals surface area contributed by atoms with Crippen LogP contribution in [0.3, 0.4) is 0 Å². The summed E-state index contributed by atoms with van der Waals surface area (Å²) in [5, 5.41) is 4.56. The summed E-state index contributed by atoms with van der Waals surface area (Å²) in [6, 6.07) is 9.07. The van der Waals surface area contributed by atoms with E-state index in [-0.39, 0.29) is 0 Å². The zero-order valence-corrected chi connectivity index (χ0v) is 12.6. The summed E-state index contributed by atoms with van der Waals surface area (Å²) < 4.78 is 0. The fraction of sp³-hybridized carbons (Fsp3) is 0.600. The van der Waals surface area contributed by atoms with Crippen molar-refractivity contribution in [3.05, 3.63) is 34.9 Å². The summed E-state index contributed by atoms with van der Waals surface area (Å²) in [7, 11) is 0. The van der Waals surface area contributed by atoms with Gasteiger partial charge in [-0.3, -0.25) is 0 Å². The number of nitrogens with one attached hydrogen (secondary N) is 1. The van der Waals surface area contributed by atoms with Crippen molar-refractivity contribution in [2.75, 3.05) is 18.1 Å². The van der Waals surface area contributed by atoms with Crippen molar-refractivity contribution in [1.29, 1.82) is 0 Å². The van der Waals surface area contributed by atoms with Crippen LogP contribution in [-0.4, -0.2) is 24.1 Å². The Morgan fingerprint density at radius 1 is 1.39 bits per heavy atom. The maximum absolute atomic E-state index is 6.33.